The van der Waals surface area contributed by atoms with Crippen LogP contribution in [0.25, 0.3) is 0 Å². The Morgan fingerprint density at radius 2 is 2.10 bits per heavy atom. The Labute approximate surface area is 135 Å². The molecule has 108 valence electrons. The molecule has 2 rings (SSSR count). The maximum Gasteiger partial charge on any atom is 0.272 e. The van der Waals surface area contributed by atoms with Gasteiger partial charge >= 0.3 is 0 Å². The number of methoxy groups -OCH3 is 1. The number of carbonyl (C=O) groups excluding carboxylic acids is 1. The number of nitrogens with one attached hydrogen (secondary N) is 1. The molecule has 0 aliphatic rings. The number of hydrogen-bond donors (Lipinski definition) is 2. The van der Waals surface area contributed by atoms with Crippen molar-refractivity contribution in [2.45, 2.75) is 0 Å². The molecule has 0 saturated heterocycles. The standard InChI is InChI=1S/C15H13IN2O3/c1-21-14-7-6-10(8-13(14)19)9-17-18-15(20)11-4-2-3-5-12(11)16/h2-9,19H,1H3,(H,18,20). The highest BCUT2D eigenvalue weighted by Gasteiger charge is 2.07. The summed E-state index contributed by atoms with van der Waals surface area (Å²) in [6.07, 6.45) is 1.45. The van der Waals surface area contributed by atoms with E-state index < -0.39 is 0 Å². The Bertz CT molecular complexity index is 686. The highest BCUT2D eigenvalue weighted by Crippen LogP contribution is 2.25. The summed E-state index contributed by atoms with van der Waals surface area (Å²) in [6.45, 7) is 0. The normalized spacial score (nSPS) is 10.6. The number of aromatic hydroxyl groups is 1. The van der Waals surface area contributed by atoms with Crippen LogP contribution < -0.4 is 10.2 Å². The third-order valence-electron chi connectivity index (χ3n) is 2.70. The zero-order chi connectivity index (χ0) is 15.2. The van der Waals surface area contributed by atoms with Crippen LogP contribution in [0.15, 0.2) is 47.6 Å². The number of rotatable bonds is 4. The number of phenolic OH excluding ortho intramolecular Hbond substituents is 1. The van der Waals surface area contributed by atoms with Crippen molar-refractivity contribution in [3.8, 4) is 11.5 Å². The molecule has 0 spiro atoms. The van der Waals surface area contributed by atoms with Gasteiger partial charge in [0.2, 0.25) is 0 Å². The minimum Gasteiger partial charge on any atom is -0.504 e. The van der Waals surface area contributed by atoms with E-state index in [4.69, 9.17) is 4.74 Å². The first kappa shape index (κ1) is 15.3. The van der Waals surface area contributed by atoms with E-state index in [1.807, 2.05) is 12.1 Å². The number of hydrogen-bond acceptors (Lipinski definition) is 4. The van der Waals surface area contributed by atoms with Crippen molar-refractivity contribution in [2.24, 2.45) is 5.10 Å². The van der Waals surface area contributed by atoms with Crippen molar-refractivity contribution >= 4 is 34.7 Å². The van der Waals surface area contributed by atoms with Gasteiger partial charge in [-0.1, -0.05) is 12.1 Å². The maximum absolute atomic E-state index is 11.9. The molecule has 0 bridgehead atoms. The van der Waals surface area contributed by atoms with Crippen LogP contribution in [-0.4, -0.2) is 24.3 Å². The van der Waals surface area contributed by atoms with Crippen LogP contribution in [0.5, 0.6) is 11.5 Å². The first-order chi connectivity index (χ1) is 10.1. The van der Waals surface area contributed by atoms with Crippen LogP contribution >= 0.6 is 22.6 Å². The number of ether oxygens (including phenoxy) is 1. The summed E-state index contributed by atoms with van der Waals surface area (Å²) in [6, 6.07) is 12.1. The Hall–Kier alpha value is -2.09. The largest absolute Gasteiger partial charge is 0.504 e. The lowest BCUT2D eigenvalue weighted by Gasteiger charge is -2.04. The summed E-state index contributed by atoms with van der Waals surface area (Å²) in [4.78, 5) is 11.9. The van der Waals surface area contributed by atoms with Crippen molar-refractivity contribution in [2.75, 3.05) is 7.11 Å². The molecule has 0 atom stereocenters. The zero-order valence-electron chi connectivity index (χ0n) is 11.2. The smallest absolute Gasteiger partial charge is 0.272 e. The molecule has 5 nitrogen and oxygen atoms in total. The number of nitrogens with zero attached hydrogens (tertiary/aromatic N) is 1. The van der Waals surface area contributed by atoms with Gasteiger partial charge in [0, 0.05) is 3.57 Å². The molecule has 6 heteroatoms. The van der Waals surface area contributed by atoms with E-state index in [-0.39, 0.29) is 11.7 Å². The van der Waals surface area contributed by atoms with Crippen molar-refractivity contribution in [1.29, 1.82) is 0 Å². The molecule has 0 fully saturated rings. The molecule has 0 heterocycles. The first-order valence-electron chi connectivity index (χ1n) is 6.06. The second kappa shape index (κ2) is 7.07. The lowest BCUT2D eigenvalue weighted by atomic mass is 10.2. The van der Waals surface area contributed by atoms with E-state index in [9.17, 15) is 9.90 Å². The van der Waals surface area contributed by atoms with Crippen LogP contribution in [-0.2, 0) is 0 Å². The van der Waals surface area contributed by atoms with Gasteiger partial charge in [-0.25, -0.2) is 5.43 Å². The molecular formula is C15H13IN2O3. The second-order valence-electron chi connectivity index (χ2n) is 4.11. The Kier molecular flexibility index (Phi) is 5.15. The van der Waals surface area contributed by atoms with E-state index in [2.05, 4.69) is 33.1 Å². The van der Waals surface area contributed by atoms with Crippen LogP contribution in [0.3, 0.4) is 0 Å². The number of phenols is 1. The van der Waals surface area contributed by atoms with E-state index in [0.717, 1.165) is 3.57 Å². The van der Waals surface area contributed by atoms with Crippen LogP contribution in [0.2, 0.25) is 0 Å². The summed E-state index contributed by atoms with van der Waals surface area (Å²) >= 11 is 2.09. The molecule has 0 radical (unpaired) electrons. The molecule has 1 amide bonds. The maximum atomic E-state index is 11.9. The summed E-state index contributed by atoms with van der Waals surface area (Å²) in [5.74, 6) is 0.120. The van der Waals surface area contributed by atoms with Gasteiger partial charge in [-0.15, -0.1) is 0 Å². The Balaban J connectivity index is 2.04. The predicted octanol–water partition coefficient (Wildman–Crippen LogP) is 2.77. The fourth-order valence-electron chi connectivity index (χ4n) is 1.66. The summed E-state index contributed by atoms with van der Waals surface area (Å²) in [7, 11) is 1.48. The fourth-order valence-corrected chi connectivity index (χ4v) is 2.29. The van der Waals surface area contributed by atoms with Crippen molar-refractivity contribution in [1.82, 2.24) is 5.43 Å². The van der Waals surface area contributed by atoms with Gasteiger partial charge in [-0.3, -0.25) is 4.79 Å². The van der Waals surface area contributed by atoms with E-state index in [0.29, 0.717) is 16.9 Å². The minimum absolute atomic E-state index is 0.0189. The van der Waals surface area contributed by atoms with Gasteiger partial charge in [0.1, 0.15) is 0 Å². The highest BCUT2D eigenvalue weighted by atomic mass is 127. The number of benzene rings is 2. The summed E-state index contributed by atoms with van der Waals surface area (Å²) < 4.78 is 5.80. The first-order valence-corrected chi connectivity index (χ1v) is 7.14. The SMILES string of the molecule is COc1ccc(C=NNC(=O)c2ccccc2I)cc1O. The number of halogens is 1. The van der Waals surface area contributed by atoms with Gasteiger partial charge in [0.15, 0.2) is 11.5 Å². The van der Waals surface area contributed by atoms with E-state index in [1.165, 1.54) is 19.4 Å². The van der Waals surface area contributed by atoms with E-state index >= 15 is 0 Å². The summed E-state index contributed by atoms with van der Waals surface area (Å²) in [5.41, 5.74) is 3.66. The molecule has 0 unspecified atom stereocenters. The van der Waals surface area contributed by atoms with Crippen molar-refractivity contribution < 1.29 is 14.6 Å². The molecule has 0 aliphatic carbocycles. The monoisotopic (exact) mass is 396 g/mol. The number of amides is 1. The third kappa shape index (κ3) is 3.94. The number of hydrazone groups is 1. The molecule has 0 saturated carbocycles. The molecule has 0 aromatic heterocycles. The molecule has 21 heavy (non-hydrogen) atoms. The third-order valence-corrected chi connectivity index (χ3v) is 3.64. The molecular weight excluding hydrogens is 383 g/mol. The van der Waals surface area contributed by atoms with Crippen LogP contribution in [0.1, 0.15) is 15.9 Å². The lowest BCUT2D eigenvalue weighted by Crippen LogP contribution is -2.18. The van der Waals surface area contributed by atoms with Gasteiger partial charge in [-0.05, 0) is 58.5 Å². The number of carbonyl (C=O) groups is 1. The van der Waals surface area contributed by atoms with Gasteiger partial charge in [0.05, 0.1) is 18.9 Å². The van der Waals surface area contributed by atoms with Crippen LogP contribution in [0, 0.1) is 3.57 Å². The minimum atomic E-state index is -0.283. The average molecular weight is 396 g/mol. The predicted molar refractivity (Wildman–Crippen MR) is 88.9 cm³/mol. The summed E-state index contributed by atoms with van der Waals surface area (Å²) in [5, 5.41) is 13.5. The van der Waals surface area contributed by atoms with Gasteiger partial charge in [0.25, 0.3) is 5.91 Å². The zero-order valence-corrected chi connectivity index (χ0v) is 13.4. The highest BCUT2D eigenvalue weighted by molar-refractivity contribution is 14.1. The lowest BCUT2D eigenvalue weighted by molar-refractivity contribution is 0.0954. The van der Waals surface area contributed by atoms with E-state index in [1.54, 1.807) is 24.3 Å². The Morgan fingerprint density at radius 3 is 2.76 bits per heavy atom. The van der Waals surface area contributed by atoms with Crippen LogP contribution in [0.4, 0.5) is 0 Å². The van der Waals surface area contributed by atoms with Crippen molar-refractivity contribution in [3.05, 3.63) is 57.2 Å². The quantitative estimate of drug-likeness (QED) is 0.475. The molecule has 2 aromatic rings. The molecule has 0 aliphatic heterocycles. The Morgan fingerprint density at radius 1 is 1.33 bits per heavy atom. The average Bonchev–Trinajstić information content (AvgIpc) is 2.48. The molecule has 2 aromatic carbocycles. The van der Waals surface area contributed by atoms with Crippen molar-refractivity contribution in [3.63, 3.8) is 0 Å². The molecule has 2 N–H and O–H groups in total. The fraction of sp³-hybridized carbons (Fsp3) is 0.0667. The topological polar surface area (TPSA) is 70.9 Å². The second-order valence-corrected chi connectivity index (χ2v) is 5.27. The van der Waals surface area contributed by atoms with Gasteiger partial charge in [-0.2, -0.15) is 5.10 Å². The van der Waals surface area contributed by atoms with Gasteiger partial charge < -0.3 is 9.84 Å².